The van der Waals surface area contributed by atoms with Crippen molar-refractivity contribution in [1.29, 1.82) is 0 Å². The maximum absolute atomic E-state index is 12.5. The Hall–Kier alpha value is -1.03. The van der Waals surface area contributed by atoms with Gasteiger partial charge in [0.15, 0.2) is 0 Å². The molecule has 0 aromatic heterocycles. The molecule has 6 heteroatoms. The van der Waals surface area contributed by atoms with Crippen LogP contribution in [0.1, 0.15) is 13.8 Å². The fourth-order valence-electron chi connectivity index (χ4n) is 1.46. The molecular formula is C11H17O5P. The fourth-order valence-corrected chi connectivity index (χ4v) is 3.26. The van der Waals surface area contributed by atoms with Crippen molar-refractivity contribution in [3.05, 3.63) is 18.2 Å². The van der Waals surface area contributed by atoms with Gasteiger partial charge in [-0.1, -0.05) is 6.07 Å². The molecule has 1 N–H and O–H groups in total. The molecule has 17 heavy (non-hydrogen) atoms. The molecule has 1 aromatic carbocycles. The Bertz CT molecular complexity index is 408. The predicted molar refractivity (Wildman–Crippen MR) is 65.2 cm³/mol. The first-order valence-corrected chi connectivity index (χ1v) is 6.89. The van der Waals surface area contributed by atoms with E-state index in [0.29, 0.717) is 0 Å². The molecule has 0 saturated carbocycles. The van der Waals surface area contributed by atoms with Crippen LogP contribution >= 0.6 is 7.60 Å². The summed E-state index contributed by atoms with van der Waals surface area (Å²) in [7, 11) is -2.11. The van der Waals surface area contributed by atoms with E-state index in [2.05, 4.69) is 0 Å². The summed E-state index contributed by atoms with van der Waals surface area (Å²) in [6.07, 6.45) is 0. The van der Waals surface area contributed by atoms with Crippen molar-refractivity contribution in [1.82, 2.24) is 0 Å². The van der Waals surface area contributed by atoms with Gasteiger partial charge >= 0.3 is 7.60 Å². The van der Waals surface area contributed by atoms with Crippen LogP contribution in [0, 0.1) is 0 Å². The van der Waals surface area contributed by atoms with Gasteiger partial charge in [0, 0.05) is 0 Å². The second kappa shape index (κ2) is 6.05. The monoisotopic (exact) mass is 260 g/mol. The highest BCUT2D eigenvalue weighted by Crippen LogP contribution is 2.51. The molecule has 0 spiro atoms. The standard InChI is InChI=1S/C11H17O5P/c1-4-15-17(13,16-5-2)11-9(12)7-6-8-10(11)14-3/h6-8,12H,4-5H2,1-3H3. The van der Waals surface area contributed by atoms with Crippen molar-refractivity contribution in [2.45, 2.75) is 13.8 Å². The average molecular weight is 260 g/mol. The summed E-state index contributed by atoms with van der Waals surface area (Å²) in [6, 6.07) is 4.61. The molecule has 96 valence electrons. The minimum absolute atomic E-state index is 0.0752. The van der Waals surface area contributed by atoms with E-state index in [1.54, 1.807) is 26.0 Å². The molecule has 0 atom stereocenters. The third kappa shape index (κ3) is 3.00. The summed E-state index contributed by atoms with van der Waals surface area (Å²) in [4.78, 5) is 0. The van der Waals surface area contributed by atoms with Crippen molar-refractivity contribution in [3.8, 4) is 11.5 Å². The van der Waals surface area contributed by atoms with Gasteiger partial charge in [0.2, 0.25) is 0 Å². The molecule has 0 aliphatic heterocycles. The van der Waals surface area contributed by atoms with E-state index in [-0.39, 0.29) is 30.0 Å². The largest absolute Gasteiger partial charge is 0.507 e. The highest BCUT2D eigenvalue weighted by atomic mass is 31.2. The first-order valence-electron chi connectivity index (χ1n) is 5.34. The minimum Gasteiger partial charge on any atom is -0.507 e. The van der Waals surface area contributed by atoms with Crippen molar-refractivity contribution >= 4 is 12.9 Å². The van der Waals surface area contributed by atoms with Gasteiger partial charge in [-0.25, -0.2) is 0 Å². The number of phenols is 1. The number of aromatic hydroxyl groups is 1. The summed E-state index contributed by atoms with van der Waals surface area (Å²) in [6.45, 7) is 3.85. The molecule has 0 radical (unpaired) electrons. The summed E-state index contributed by atoms with van der Waals surface area (Å²) >= 11 is 0. The highest BCUT2D eigenvalue weighted by molar-refractivity contribution is 7.62. The lowest BCUT2D eigenvalue weighted by atomic mass is 10.3. The molecule has 1 rings (SSSR count). The zero-order valence-electron chi connectivity index (χ0n) is 10.2. The van der Waals surface area contributed by atoms with E-state index in [9.17, 15) is 9.67 Å². The molecule has 0 heterocycles. The van der Waals surface area contributed by atoms with Gasteiger partial charge in [-0.3, -0.25) is 4.57 Å². The second-order valence-electron chi connectivity index (χ2n) is 3.16. The lowest BCUT2D eigenvalue weighted by Crippen LogP contribution is -2.14. The molecule has 0 unspecified atom stereocenters. The van der Waals surface area contributed by atoms with Crippen LogP contribution in [0.4, 0.5) is 0 Å². The quantitative estimate of drug-likeness (QED) is 0.795. The molecule has 0 saturated heterocycles. The van der Waals surface area contributed by atoms with E-state index in [1.807, 2.05) is 0 Å². The van der Waals surface area contributed by atoms with Crippen LogP contribution in [0.2, 0.25) is 0 Å². The SMILES string of the molecule is CCOP(=O)(OCC)c1c(O)cccc1OC. The molecule has 5 nitrogen and oxygen atoms in total. The Kier molecular flexibility index (Phi) is 5.00. The van der Waals surface area contributed by atoms with Crippen LogP contribution in [0.15, 0.2) is 18.2 Å². The Balaban J connectivity index is 3.31. The summed E-state index contributed by atoms with van der Waals surface area (Å²) < 4.78 is 27.9. The van der Waals surface area contributed by atoms with Crippen molar-refractivity contribution < 1.29 is 23.5 Å². The van der Waals surface area contributed by atoms with E-state index >= 15 is 0 Å². The number of hydrogen-bond acceptors (Lipinski definition) is 5. The third-order valence-corrected chi connectivity index (χ3v) is 4.26. The maximum Gasteiger partial charge on any atom is 0.368 e. The normalized spacial score (nSPS) is 11.5. The number of ether oxygens (including phenoxy) is 1. The van der Waals surface area contributed by atoms with Crippen LogP contribution in [0.3, 0.4) is 0 Å². The molecular weight excluding hydrogens is 243 g/mol. The van der Waals surface area contributed by atoms with Crippen LogP contribution < -0.4 is 10.0 Å². The Labute approximate surface area is 101 Å². The van der Waals surface area contributed by atoms with Gasteiger partial charge in [0.05, 0.1) is 20.3 Å². The van der Waals surface area contributed by atoms with Gasteiger partial charge in [0.25, 0.3) is 0 Å². The first-order chi connectivity index (χ1) is 8.09. The smallest absolute Gasteiger partial charge is 0.368 e. The molecule has 0 aliphatic rings. The number of methoxy groups -OCH3 is 1. The summed E-state index contributed by atoms with van der Waals surface area (Å²) in [5, 5.41) is 9.87. The van der Waals surface area contributed by atoms with Gasteiger partial charge in [0.1, 0.15) is 16.8 Å². The van der Waals surface area contributed by atoms with Gasteiger partial charge in [-0.15, -0.1) is 0 Å². The molecule has 0 amide bonds. The number of rotatable bonds is 6. The third-order valence-electron chi connectivity index (χ3n) is 2.07. The van der Waals surface area contributed by atoms with Gasteiger partial charge in [-0.2, -0.15) is 0 Å². The maximum atomic E-state index is 12.5. The van der Waals surface area contributed by atoms with Crippen LogP contribution in [0.5, 0.6) is 11.5 Å². The predicted octanol–water partition coefficient (Wildman–Crippen LogP) is 2.29. The first kappa shape index (κ1) is 14.0. The minimum atomic E-state index is -3.54. The molecule has 0 bridgehead atoms. The van der Waals surface area contributed by atoms with Crippen molar-refractivity contribution in [2.75, 3.05) is 20.3 Å². The van der Waals surface area contributed by atoms with Crippen molar-refractivity contribution in [2.24, 2.45) is 0 Å². The fraction of sp³-hybridized carbons (Fsp3) is 0.455. The van der Waals surface area contributed by atoms with Gasteiger partial charge in [-0.05, 0) is 26.0 Å². The summed E-state index contributed by atoms with van der Waals surface area (Å²) in [5.74, 6) is 0.129. The topological polar surface area (TPSA) is 65.0 Å². The van der Waals surface area contributed by atoms with Crippen LogP contribution in [-0.4, -0.2) is 25.4 Å². The van der Waals surface area contributed by atoms with E-state index in [4.69, 9.17) is 13.8 Å². The van der Waals surface area contributed by atoms with Gasteiger partial charge < -0.3 is 18.9 Å². The summed E-state index contributed by atoms with van der Waals surface area (Å²) in [5.41, 5.74) is 0. The number of benzene rings is 1. The zero-order chi connectivity index (χ0) is 12.9. The second-order valence-corrected chi connectivity index (χ2v) is 5.12. The molecule has 1 aromatic rings. The molecule has 0 aliphatic carbocycles. The Morgan fingerprint density at radius 2 is 1.82 bits per heavy atom. The number of hydrogen-bond donors (Lipinski definition) is 1. The van der Waals surface area contributed by atoms with Crippen LogP contribution in [0.25, 0.3) is 0 Å². The van der Waals surface area contributed by atoms with E-state index < -0.39 is 7.60 Å². The van der Waals surface area contributed by atoms with E-state index in [0.717, 1.165) is 0 Å². The zero-order valence-corrected chi connectivity index (χ0v) is 11.1. The Morgan fingerprint density at radius 1 is 1.24 bits per heavy atom. The molecule has 0 fully saturated rings. The van der Waals surface area contributed by atoms with Crippen LogP contribution in [-0.2, 0) is 13.6 Å². The Morgan fingerprint density at radius 3 is 2.29 bits per heavy atom. The number of phenolic OH excluding ortho intramolecular Hbond substituents is 1. The lowest BCUT2D eigenvalue weighted by Gasteiger charge is -2.20. The highest BCUT2D eigenvalue weighted by Gasteiger charge is 2.33. The average Bonchev–Trinajstić information content (AvgIpc) is 2.29. The van der Waals surface area contributed by atoms with E-state index in [1.165, 1.54) is 13.2 Å². The van der Waals surface area contributed by atoms with Crippen molar-refractivity contribution in [3.63, 3.8) is 0 Å². The lowest BCUT2D eigenvalue weighted by molar-refractivity contribution is 0.228.